The van der Waals surface area contributed by atoms with Gasteiger partial charge in [-0.25, -0.2) is 13.9 Å². The number of nitrogens with zero attached hydrogens (tertiary/aromatic N) is 2. The zero-order chi connectivity index (χ0) is 24.8. The summed E-state index contributed by atoms with van der Waals surface area (Å²) in [6.45, 7) is 2.11. The molecule has 0 spiro atoms. The average Bonchev–Trinajstić information content (AvgIpc) is 3.38. The summed E-state index contributed by atoms with van der Waals surface area (Å²) in [5.74, 6) is -0.991. The lowest BCUT2D eigenvalue weighted by atomic mass is 9.65. The fourth-order valence-corrected chi connectivity index (χ4v) is 5.73. The minimum atomic E-state index is -1.35. The van der Waals surface area contributed by atoms with Crippen molar-refractivity contribution in [3.05, 3.63) is 88.5 Å². The van der Waals surface area contributed by atoms with Gasteiger partial charge < -0.3 is 14.9 Å². The van der Waals surface area contributed by atoms with E-state index in [4.69, 9.17) is 4.74 Å². The maximum Gasteiger partial charge on any atom is 0.339 e. The summed E-state index contributed by atoms with van der Waals surface area (Å²) >= 11 is 0. The number of halogens is 1. The van der Waals surface area contributed by atoms with Gasteiger partial charge in [-0.3, -0.25) is 0 Å². The Labute approximate surface area is 203 Å². The van der Waals surface area contributed by atoms with Gasteiger partial charge in [0.15, 0.2) is 6.10 Å². The van der Waals surface area contributed by atoms with E-state index >= 15 is 0 Å². The lowest BCUT2D eigenvalue weighted by Gasteiger charge is -2.42. The van der Waals surface area contributed by atoms with E-state index in [2.05, 4.69) is 18.1 Å². The topological polar surface area (TPSA) is 84.6 Å². The highest BCUT2D eigenvalue weighted by Gasteiger charge is 2.54. The Morgan fingerprint density at radius 3 is 2.71 bits per heavy atom. The van der Waals surface area contributed by atoms with Gasteiger partial charge >= 0.3 is 5.97 Å². The summed E-state index contributed by atoms with van der Waals surface area (Å²) in [5, 5.41) is 26.9. The van der Waals surface area contributed by atoms with Crippen molar-refractivity contribution in [1.82, 2.24) is 9.78 Å². The van der Waals surface area contributed by atoms with Crippen molar-refractivity contribution >= 4 is 12.0 Å². The number of carbonyl (C=O) groups is 1. The first kappa shape index (κ1) is 23.5. The van der Waals surface area contributed by atoms with Gasteiger partial charge in [0.1, 0.15) is 5.82 Å². The molecule has 2 aliphatic rings. The maximum absolute atomic E-state index is 13.4. The molecule has 0 radical (unpaired) electrons. The van der Waals surface area contributed by atoms with E-state index in [0.29, 0.717) is 31.2 Å². The van der Waals surface area contributed by atoms with E-state index in [1.807, 2.05) is 23.0 Å². The third-order valence-electron chi connectivity index (χ3n) is 7.94. The number of hydrogen-bond donors (Lipinski definition) is 2. The third-order valence-corrected chi connectivity index (χ3v) is 7.94. The van der Waals surface area contributed by atoms with Gasteiger partial charge in [-0.2, -0.15) is 5.10 Å². The minimum absolute atomic E-state index is 0.290. The van der Waals surface area contributed by atoms with E-state index in [-0.39, 0.29) is 5.82 Å². The van der Waals surface area contributed by atoms with E-state index in [1.54, 1.807) is 24.3 Å². The number of methoxy groups -OCH3 is 1. The number of rotatable bonds is 6. The minimum Gasteiger partial charge on any atom is -0.467 e. The Morgan fingerprint density at radius 1 is 1.23 bits per heavy atom. The van der Waals surface area contributed by atoms with Gasteiger partial charge in [0, 0.05) is 5.41 Å². The molecule has 0 saturated heterocycles. The number of carbonyl (C=O) groups excluding carboxylic acids is 1. The fourth-order valence-electron chi connectivity index (χ4n) is 5.73. The molecular weight excluding hydrogens is 447 g/mol. The average molecular weight is 477 g/mol. The second-order valence-corrected chi connectivity index (χ2v) is 9.78. The molecule has 35 heavy (non-hydrogen) atoms. The van der Waals surface area contributed by atoms with Crippen LogP contribution in [-0.2, 0) is 22.4 Å². The highest BCUT2D eigenvalue weighted by Crippen LogP contribution is 2.57. The first-order chi connectivity index (χ1) is 16.8. The zero-order valence-electron chi connectivity index (χ0n) is 19.9. The molecule has 3 atom stereocenters. The number of aliphatic hydroxyl groups excluding tert-OH is 1. The van der Waals surface area contributed by atoms with Crippen LogP contribution in [0.1, 0.15) is 54.7 Å². The van der Waals surface area contributed by atoms with Crippen molar-refractivity contribution in [3.63, 3.8) is 0 Å². The summed E-state index contributed by atoms with van der Waals surface area (Å²) in [6.07, 6.45) is 5.67. The Morgan fingerprint density at radius 2 is 1.97 bits per heavy atom. The van der Waals surface area contributed by atoms with E-state index < -0.39 is 23.1 Å². The highest BCUT2D eigenvalue weighted by molar-refractivity contribution is 5.76. The lowest BCUT2D eigenvalue weighted by molar-refractivity contribution is -0.150. The van der Waals surface area contributed by atoms with Crippen molar-refractivity contribution in [2.24, 2.45) is 5.41 Å². The van der Waals surface area contributed by atoms with Crippen LogP contribution in [0.2, 0.25) is 0 Å². The van der Waals surface area contributed by atoms with Gasteiger partial charge in [-0.15, -0.1) is 0 Å². The smallest absolute Gasteiger partial charge is 0.339 e. The number of aryl methyl sites for hydroxylation is 1. The van der Waals surface area contributed by atoms with E-state index in [9.17, 15) is 19.4 Å². The van der Waals surface area contributed by atoms with Crippen molar-refractivity contribution in [1.29, 1.82) is 0 Å². The van der Waals surface area contributed by atoms with Crippen molar-refractivity contribution in [3.8, 4) is 5.69 Å². The van der Waals surface area contributed by atoms with Crippen LogP contribution in [0.25, 0.3) is 11.8 Å². The molecule has 3 aromatic rings. The summed E-state index contributed by atoms with van der Waals surface area (Å²) in [7, 11) is 1.25. The number of hydrogen-bond acceptors (Lipinski definition) is 5. The summed E-state index contributed by atoms with van der Waals surface area (Å²) in [5.41, 5.74) is 3.92. The number of benzene rings is 2. The Balaban J connectivity index is 1.40. The number of aliphatic hydroxyl groups is 2. The molecule has 0 amide bonds. The predicted molar refractivity (Wildman–Crippen MR) is 129 cm³/mol. The van der Waals surface area contributed by atoms with Gasteiger partial charge in [0.25, 0.3) is 0 Å². The maximum atomic E-state index is 13.4. The van der Waals surface area contributed by atoms with Crippen LogP contribution in [0, 0.1) is 11.2 Å². The van der Waals surface area contributed by atoms with Gasteiger partial charge in [-0.05, 0) is 79.1 Å². The van der Waals surface area contributed by atoms with Crippen LogP contribution < -0.4 is 0 Å². The molecule has 182 valence electrons. The highest BCUT2D eigenvalue weighted by atomic mass is 19.1. The normalized spacial score (nSPS) is 23.9. The second kappa shape index (κ2) is 8.73. The van der Waals surface area contributed by atoms with Crippen LogP contribution in [0.15, 0.2) is 60.3 Å². The zero-order valence-corrected chi connectivity index (χ0v) is 19.9. The SMILES string of the molecule is COC(=O)C(O)c1ccccc1CC[C@]1(O)CCC2=Cc3c(cnn3-c3ccc(F)cc3)C[C@@]21C. The molecule has 1 fully saturated rings. The molecule has 2 aliphatic carbocycles. The molecule has 1 unspecified atom stereocenters. The van der Waals surface area contributed by atoms with Gasteiger partial charge in [0.05, 0.1) is 30.3 Å². The number of fused-ring (bicyclic) bond motifs is 2. The quantitative estimate of drug-likeness (QED) is 0.518. The van der Waals surface area contributed by atoms with Gasteiger partial charge in [-0.1, -0.05) is 36.8 Å². The van der Waals surface area contributed by atoms with Gasteiger partial charge in [0.2, 0.25) is 0 Å². The summed E-state index contributed by atoms with van der Waals surface area (Å²) < 4.78 is 19.9. The Hall–Kier alpha value is -3.29. The Kier molecular flexibility index (Phi) is 5.85. The van der Waals surface area contributed by atoms with Crippen LogP contribution in [-0.4, -0.2) is 38.7 Å². The monoisotopic (exact) mass is 476 g/mol. The van der Waals surface area contributed by atoms with Crippen molar-refractivity contribution < 1.29 is 24.1 Å². The number of aromatic nitrogens is 2. The first-order valence-electron chi connectivity index (χ1n) is 11.9. The largest absolute Gasteiger partial charge is 0.467 e. The third kappa shape index (κ3) is 3.89. The first-order valence-corrected chi connectivity index (χ1v) is 11.9. The molecule has 7 heteroatoms. The van der Waals surface area contributed by atoms with E-state index in [1.165, 1.54) is 24.8 Å². The lowest BCUT2D eigenvalue weighted by Crippen LogP contribution is -2.45. The van der Waals surface area contributed by atoms with E-state index in [0.717, 1.165) is 28.9 Å². The van der Waals surface area contributed by atoms with Crippen LogP contribution in [0.5, 0.6) is 0 Å². The standard InChI is InChI=1S/C28H29FN2O4/c1-27-16-19-17-30-31(22-9-7-21(29)8-10-22)24(19)15-20(27)12-14-28(27,34)13-11-18-5-3-4-6-23(18)25(32)26(33)35-2/h3-10,15,17,25,32,34H,11-14,16H2,1-2H3/t25?,27-,28-/m0/s1. The fraction of sp³-hybridized carbons (Fsp3) is 0.357. The molecule has 6 nitrogen and oxygen atoms in total. The molecule has 5 rings (SSSR count). The van der Waals surface area contributed by atoms with Crippen LogP contribution in [0.3, 0.4) is 0 Å². The molecule has 1 saturated carbocycles. The molecule has 0 aliphatic heterocycles. The molecule has 2 N–H and O–H groups in total. The summed E-state index contributed by atoms with van der Waals surface area (Å²) in [6, 6.07) is 13.5. The second-order valence-electron chi connectivity index (χ2n) is 9.78. The molecule has 0 bridgehead atoms. The molecule has 1 heterocycles. The van der Waals surface area contributed by atoms with Crippen LogP contribution in [0.4, 0.5) is 4.39 Å². The van der Waals surface area contributed by atoms with Crippen molar-refractivity contribution in [2.75, 3.05) is 7.11 Å². The summed E-state index contributed by atoms with van der Waals surface area (Å²) in [4.78, 5) is 11.9. The number of ether oxygens (including phenoxy) is 1. The van der Waals surface area contributed by atoms with Crippen molar-refractivity contribution in [2.45, 2.75) is 50.7 Å². The number of esters is 1. The predicted octanol–water partition coefficient (Wildman–Crippen LogP) is 4.32. The van der Waals surface area contributed by atoms with Crippen LogP contribution >= 0.6 is 0 Å². The molecule has 1 aromatic heterocycles. The molecular formula is C28H29FN2O4. The molecule has 2 aromatic carbocycles. The Bertz CT molecular complexity index is 1300.